The fraction of sp³-hybridized carbons (Fsp3) is 0.263. The van der Waals surface area contributed by atoms with Gasteiger partial charge in [-0.3, -0.25) is 9.69 Å². The van der Waals surface area contributed by atoms with Gasteiger partial charge in [-0.25, -0.2) is 4.68 Å². The first-order valence-electron chi connectivity index (χ1n) is 8.19. The summed E-state index contributed by atoms with van der Waals surface area (Å²) in [6, 6.07) is 17.5. The third kappa shape index (κ3) is 3.03. The van der Waals surface area contributed by atoms with Gasteiger partial charge in [-0.1, -0.05) is 30.3 Å². The minimum Gasteiger partial charge on any atom is -0.463 e. The van der Waals surface area contributed by atoms with Crippen LogP contribution in [0.2, 0.25) is 0 Å². The zero-order valence-electron chi connectivity index (χ0n) is 13.3. The Kier molecular flexibility index (Phi) is 4.01. The molecule has 0 saturated carbocycles. The van der Waals surface area contributed by atoms with Crippen molar-refractivity contribution in [1.29, 1.82) is 0 Å². The van der Waals surface area contributed by atoms with E-state index >= 15 is 0 Å². The highest BCUT2D eigenvalue weighted by Gasteiger charge is 2.24. The second kappa shape index (κ2) is 6.45. The number of aromatic nitrogens is 2. The van der Waals surface area contributed by atoms with E-state index in [-0.39, 0.29) is 5.56 Å². The molecule has 2 aromatic heterocycles. The molecule has 5 nitrogen and oxygen atoms in total. The lowest BCUT2D eigenvalue weighted by Gasteiger charge is -2.17. The molecule has 0 spiro atoms. The zero-order chi connectivity index (χ0) is 16.4. The Morgan fingerprint density at radius 2 is 1.96 bits per heavy atom. The summed E-state index contributed by atoms with van der Waals surface area (Å²) in [6.07, 6.45) is 2.72. The number of hydrogen-bond acceptors (Lipinski definition) is 4. The van der Waals surface area contributed by atoms with Crippen LogP contribution in [0.5, 0.6) is 0 Å². The molecule has 24 heavy (non-hydrogen) atoms. The molecule has 1 atom stereocenters. The summed E-state index contributed by atoms with van der Waals surface area (Å²) in [7, 11) is 0. The summed E-state index contributed by atoms with van der Waals surface area (Å²) in [5.74, 6) is 1.20. The fourth-order valence-corrected chi connectivity index (χ4v) is 3.25. The molecule has 3 heterocycles. The quantitative estimate of drug-likeness (QED) is 0.741. The van der Waals surface area contributed by atoms with E-state index in [9.17, 15) is 4.79 Å². The highest BCUT2D eigenvalue weighted by molar-refractivity contribution is 5.50. The van der Waals surface area contributed by atoms with Crippen molar-refractivity contribution in [3.63, 3.8) is 0 Å². The summed E-state index contributed by atoms with van der Waals surface area (Å²) in [4.78, 5) is 14.4. The lowest BCUT2D eigenvalue weighted by molar-refractivity contribution is 0.246. The van der Waals surface area contributed by atoms with Gasteiger partial charge in [-0.2, -0.15) is 5.10 Å². The number of furan rings is 1. The number of rotatable bonds is 4. The second-order valence-electron chi connectivity index (χ2n) is 6.15. The molecular weight excluding hydrogens is 302 g/mol. The van der Waals surface area contributed by atoms with Crippen molar-refractivity contribution in [3.8, 4) is 11.5 Å². The number of nitrogens with zero attached hydrogens (tertiary/aromatic N) is 3. The van der Waals surface area contributed by atoms with E-state index in [4.69, 9.17) is 4.42 Å². The molecule has 0 radical (unpaired) electrons. The fourth-order valence-electron chi connectivity index (χ4n) is 3.25. The Morgan fingerprint density at radius 3 is 2.75 bits per heavy atom. The predicted molar refractivity (Wildman–Crippen MR) is 91.6 cm³/mol. The van der Waals surface area contributed by atoms with Crippen molar-refractivity contribution >= 4 is 0 Å². The molecule has 1 aliphatic heterocycles. The SMILES string of the molecule is O=c1ccc(-c2ccco2)nn1CN1CCC(c2ccccc2)C1. The summed E-state index contributed by atoms with van der Waals surface area (Å²) in [5.41, 5.74) is 1.96. The maximum Gasteiger partial charge on any atom is 0.268 e. The van der Waals surface area contributed by atoms with Crippen LogP contribution in [0.4, 0.5) is 0 Å². The molecule has 1 aliphatic rings. The predicted octanol–water partition coefficient (Wildman–Crippen LogP) is 2.95. The van der Waals surface area contributed by atoms with Crippen LogP contribution in [0.25, 0.3) is 11.5 Å². The van der Waals surface area contributed by atoms with Crippen LogP contribution >= 0.6 is 0 Å². The van der Waals surface area contributed by atoms with E-state index in [0.29, 0.717) is 24.0 Å². The summed E-state index contributed by atoms with van der Waals surface area (Å²) >= 11 is 0. The van der Waals surface area contributed by atoms with E-state index in [1.54, 1.807) is 18.4 Å². The van der Waals surface area contributed by atoms with Crippen LogP contribution < -0.4 is 5.56 Å². The molecule has 1 aromatic carbocycles. The molecule has 122 valence electrons. The first-order valence-corrected chi connectivity index (χ1v) is 8.19. The van der Waals surface area contributed by atoms with Crippen LogP contribution in [0, 0.1) is 0 Å². The number of hydrogen-bond donors (Lipinski definition) is 0. The van der Waals surface area contributed by atoms with E-state index in [1.165, 1.54) is 10.2 Å². The summed E-state index contributed by atoms with van der Waals surface area (Å²) in [6.45, 7) is 2.43. The van der Waals surface area contributed by atoms with Crippen LogP contribution in [0.3, 0.4) is 0 Å². The topological polar surface area (TPSA) is 51.3 Å². The highest BCUT2D eigenvalue weighted by atomic mass is 16.3. The van der Waals surface area contributed by atoms with E-state index in [0.717, 1.165) is 19.5 Å². The standard InChI is InChI=1S/C19H19N3O2/c23-19-9-8-17(18-7-4-12-24-18)20-22(19)14-21-11-10-16(13-21)15-5-2-1-3-6-15/h1-9,12,16H,10-11,13-14H2. The third-order valence-electron chi connectivity index (χ3n) is 4.52. The minimum atomic E-state index is -0.0894. The van der Waals surface area contributed by atoms with Crippen molar-refractivity contribution in [1.82, 2.24) is 14.7 Å². The molecule has 1 fully saturated rings. The van der Waals surface area contributed by atoms with Gasteiger partial charge in [0.1, 0.15) is 5.69 Å². The Balaban J connectivity index is 1.50. The van der Waals surface area contributed by atoms with Gasteiger partial charge >= 0.3 is 0 Å². The van der Waals surface area contributed by atoms with Gasteiger partial charge in [-0.05, 0) is 36.1 Å². The Bertz CT molecular complexity index is 856. The van der Waals surface area contributed by atoms with Crippen molar-refractivity contribution in [2.75, 3.05) is 13.1 Å². The summed E-state index contributed by atoms with van der Waals surface area (Å²) < 4.78 is 6.89. The maximum absolute atomic E-state index is 12.1. The number of likely N-dealkylation sites (tertiary alicyclic amines) is 1. The van der Waals surface area contributed by atoms with Gasteiger partial charge in [0.25, 0.3) is 5.56 Å². The van der Waals surface area contributed by atoms with Gasteiger partial charge in [-0.15, -0.1) is 0 Å². The maximum atomic E-state index is 12.1. The average Bonchev–Trinajstić information content (AvgIpc) is 3.29. The molecule has 0 amide bonds. The lowest BCUT2D eigenvalue weighted by atomic mass is 9.99. The van der Waals surface area contributed by atoms with Gasteiger partial charge in [0.2, 0.25) is 0 Å². The van der Waals surface area contributed by atoms with Crippen LogP contribution in [-0.4, -0.2) is 27.8 Å². The van der Waals surface area contributed by atoms with Crippen molar-refractivity contribution in [2.24, 2.45) is 0 Å². The van der Waals surface area contributed by atoms with Crippen molar-refractivity contribution in [2.45, 2.75) is 19.0 Å². The Morgan fingerprint density at radius 1 is 1.08 bits per heavy atom. The molecule has 1 unspecified atom stereocenters. The minimum absolute atomic E-state index is 0.0894. The first kappa shape index (κ1) is 14.9. The van der Waals surface area contributed by atoms with E-state index < -0.39 is 0 Å². The zero-order valence-corrected chi connectivity index (χ0v) is 13.3. The van der Waals surface area contributed by atoms with Crippen molar-refractivity contribution in [3.05, 3.63) is 76.8 Å². The molecule has 4 rings (SSSR count). The van der Waals surface area contributed by atoms with Crippen LogP contribution in [0.1, 0.15) is 17.9 Å². The molecule has 5 heteroatoms. The molecule has 0 bridgehead atoms. The van der Waals surface area contributed by atoms with E-state index in [1.807, 2.05) is 18.2 Å². The first-order chi connectivity index (χ1) is 11.8. The molecule has 0 N–H and O–H groups in total. The largest absolute Gasteiger partial charge is 0.463 e. The summed E-state index contributed by atoms with van der Waals surface area (Å²) in [5, 5.41) is 4.44. The normalized spacial score (nSPS) is 18.1. The monoisotopic (exact) mass is 321 g/mol. The lowest BCUT2D eigenvalue weighted by Crippen LogP contribution is -2.32. The van der Waals surface area contributed by atoms with Gasteiger partial charge in [0.15, 0.2) is 5.76 Å². The Labute approximate surface area is 140 Å². The van der Waals surface area contributed by atoms with Crippen LogP contribution in [0.15, 0.2) is 70.1 Å². The van der Waals surface area contributed by atoms with Crippen molar-refractivity contribution < 1.29 is 4.42 Å². The molecular formula is C19H19N3O2. The molecule has 3 aromatic rings. The van der Waals surface area contributed by atoms with Gasteiger partial charge in [0, 0.05) is 19.2 Å². The second-order valence-corrected chi connectivity index (χ2v) is 6.15. The third-order valence-corrected chi connectivity index (χ3v) is 4.52. The smallest absolute Gasteiger partial charge is 0.268 e. The van der Waals surface area contributed by atoms with E-state index in [2.05, 4.69) is 34.3 Å². The van der Waals surface area contributed by atoms with Crippen LogP contribution in [-0.2, 0) is 6.67 Å². The Hall–Kier alpha value is -2.66. The highest BCUT2D eigenvalue weighted by Crippen LogP contribution is 2.27. The molecule has 0 aliphatic carbocycles. The van der Waals surface area contributed by atoms with Gasteiger partial charge < -0.3 is 4.42 Å². The molecule has 1 saturated heterocycles. The number of benzene rings is 1. The average molecular weight is 321 g/mol. The van der Waals surface area contributed by atoms with Gasteiger partial charge in [0.05, 0.1) is 12.9 Å².